The van der Waals surface area contributed by atoms with Crippen LogP contribution in [0.25, 0.3) is 22.1 Å². The Kier molecular flexibility index (Phi) is 4.60. The average Bonchev–Trinajstić information content (AvgIpc) is 2.73. The van der Waals surface area contributed by atoms with Gasteiger partial charge in [0, 0.05) is 29.7 Å². The third-order valence-electron chi connectivity index (χ3n) is 4.14. The summed E-state index contributed by atoms with van der Waals surface area (Å²) >= 11 is 0. The van der Waals surface area contributed by atoms with Crippen molar-refractivity contribution in [3.05, 3.63) is 91.6 Å². The molecule has 0 saturated heterocycles. The summed E-state index contributed by atoms with van der Waals surface area (Å²) < 4.78 is 10.7. The van der Waals surface area contributed by atoms with Crippen molar-refractivity contribution in [1.82, 2.24) is 9.97 Å². The average molecular weight is 406 g/mol. The van der Waals surface area contributed by atoms with E-state index in [0.717, 1.165) is 12.4 Å². The maximum Gasteiger partial charge on any atom is 0.336 e. The molecule has 0 N–H and O–H groups in total. The van der Waals surface area contributed by atoms with E-state index in [1.54, 1.807) is 24.3 Å². The molecule has 0 unspecified atom stereocenters. The first-order valence-corrected chi connectivity index (χ1v) is 8.38. The van der Waals surface area contributed by atoms with Crippen molar-refractivity contribution >= 4 is 22.3 Å². The molecule has 30 heavy (non-hydrogen) atoms. The molecule has 0 radical (unpaired) electrons. The third-order valence-corrected chi connectivity index (χ3v) is 4.14. The van der Waals surface area contributed by atoms with E-state index in [2.05, 4.69) is 9.97 Å². The van der Waals surface area contributed by atoms with Gasteiger partial charge in [0.05, 0.1) is 9.85 Å². The molecule has 0 amide bonds. The Balaban J connectivity index is 1.70. The number of non-ortho nitro benzene ring substituents is 1. The second kappa shape index (κ2) is 7.39. The largest absolute Gasteiger partial charge is 0.424 e. The van der Waals surface area contributed by atoms with Crippen molar-refractivity contribution in [3.8, 4) is 22.9 Å². The summed E-state index contributed by atoms with van der Waals surface area (Å²) in [5, 5.41) is 22.1. The standard InChI is InChI=1S/C19H10N4O7/c24-18-8-16(11-1-3-12(4-2-11)22(25)26)15-6-5-14(7-17(15)30-18)29-19-20-9-13(10-21-19)23(27)28/h1-10H. The lowest BCUT2D eigenvalue weighted by molar-refractivity contribution is -0.385. The van der Waals surface area contributed by atoms with Crippen LogP contribution < -0.4 is 10.4 Å². The van der Waals surface area contributed by atoms with E-state index in [9.17, 15) is 25.0 Å². The molecular formula is C19H10N4O7. The number of fused-ring (bicyclic) bond motifs is 1. The van der Waals surface area contributed by atoms with Gasteiger partial charge in [0.15, 0.2) is 0 Å². The highest BCUT2D eigenvalue weighted by molar-refractivity contribution is 5.93. The number of hydrogen-bond acceptors (Lipinski definition) is 9. The maximum absolute atomic E-state index is 12.0. The van der Waals surface area contributed by atoms with Crippen LogP contribution in [0.2, 0.25) is 0 Å². The molecule has 0 bridgehead atoms. The van der Waals surface area contributed by atoms with E-state index < -0.39 is 15.5 Å². The van der Waals surface area contributed by atoms with Gasteiger partial charge in [-0.05, 0) is 35.4 Å². The predicted molar refractivity (Wildman–Crippen MR) is 103 cm³/mol. The summed E-state index contributed by atoms with van der Waals surface area (Å²) in [6.07, 6.45) is 2.02. The van der Waals surface area contributed by atoms with Gasteiger partial charge in [-0.3, -0.25) is 20.2 Å². The summed E-state index contributed by atoms with van der Waals surface area (Å²) in [6, 6.07) is 11.6. The quantitative estimate of drug-likeness (QED) is 0.273. The lowest BCUT2D eigenvalue weighted by atomic mass is 10.0. The molecule has 2 aromatic heterocycles. The van der Waals surface area contributed by atoms with Crippen molar-refractivity contribution in [2.75, 3.05) is 0 Å². The van der Waals surface area contributed by atoms with Crippen molar-refractivity contribution in [2.24, 2.45) is 0 Å². The van der Waals surface area contributed by atoms with E-state index in [-0.39, 0.29) is 28.7 Å². The van der Waals surface area contributed by atoms with E-state index in [0.29, 0.717) is 16.5 Å². The second-order valence-electron chi connectivity index (χ2n) is 6.02. The van der Waals surface area contributed by atoms with Crippen molar-refractivity contribution in [3.63, 3.8) is 0 Å². The molecule has 4 rings (SSSR count). The molecule has 0 spiro atoms. The fourth-order valence-electron chi connectivity index (χ4n) is 2.77. The molecule has 0 aliphatic rings. The zero-order chi connectivity index (χ0) is 21.3. The minimum Gasteiger partial charge on any atom is -0.424 e. The van der Waals surface area contributed by atoms with Crippen molar-refractivity contribution in [1.29, 1.82) is 0 Å². The van der Waals surface area contributed by atoms with Gasteiger partial charge in [0.25, 0.3) is 5.69 Å². The van der Waals surface area contributed by atoms with Crippen LogP contribution in [0, 0.1) is 20.2 Å². The van der Waals surface area contributed by atoms with Gasteiger partial charge in [-0.25, -0.2) is 4.79 Å². The summed E-state index contributed by atoms with van der Waals surface area (Å²) in [6.45, 7) is 0. The molecule has 11 heteroatoms. The lowest BCUT2D eigenvalue weighted by Crippen LogP contribution is -1.99. The highest BCUT2D eigenvalue weighted by atomic mass is 16.6. The van der Waals surface area contributed by atoms with E-state index in [1.807, 2.05) is 0 Å². The van der Waals surface area contributed by atoms with Crippen LogP contribution in [0.1, 0.15) is 0 Å². The zero-order valence-corrected chi connectivity index (χ0v) is 14.9. The number of ether oxygens (including phenoxy) is 1. The van der Waals surface area contributed by atoms with Gasteiger partial charge >= 0.3 is 17.3 Å². The van der Waals surface area contributed by atoms with E-state index in [1.165, 1.54) is 24.3 Å². The number of nitro benzene ring substituents is 1. The Morgan fingerprint density at radius 1 is 0.867 bits per heavy atom. The molecule has 11 nitrogen and oxygen atoms in total. The number of nitrogens with zero attached hydrogens (tertiary/aromatic N) is 4. The Bertz CT molecular complexity index is 1330. The highest BCUT2D eigenvalue weighted by Crippen LogP contribution is 2.31. The molecule has 4 aromatic rings. The normalized spacial score (nSPS) is 10.7. The van der Waals surface area contributed by atoms with Crippen LogP contribution >= 0.6 is 0 Å². The fourth-order valence-corrected chi connectivity index (χ4v) is 2.77. The molecule has 148 valence electrons. The van der Waals surface area contributed by atoms with Gasteiger partial charge < -0.3 is 9.15 Å². The van der Waals surface area contributed by atoms with Gasteiger partial charge in [0.1, 0.15) is 23.7 Å². The smallest absolute Gasteiger partial charge is 0.336 e. The second-order valence-corrected chi connectivity index (χ2v) is 6.02. The summed E-state index contributed by atoms with van der Waals surface area (Å²) in [4.78, 5) is 39.9. The first-order valence-electron chi connectivity index (χ1n) is 8.38. The molecule has 2 heterocycles. The predicted octanol–water partition coefficient (Wildman–Crippen LogP) is 3.86. The Morgan fingerprint density at radius 2 is 1.53 bits per heavy atom. The number of rotatable bonds is 5. The van der Waals surface area contributed by atoms with Crippen molar-refractivity contribution in [2.45, 2.75) is 0 Å². The first-order chi connectivity index (χ1) is 14.4. The topological polar surface area (TPSA) is 152 Å². The van der Waals surface area contributed by atoms with E-state index >= 15 is 0 Å². The third kappa shape index (κ3) is 3.67. The van der Waals surface area contributed by atoms with Crippen LogP contribution in [0.3, 0.4) is 0 Å². The lowest BCUT2D eigenvalue weighted by Gasteiger charge is -2.08. The number of hydrogen-bond donors (Lipinski definition) is 0. The molecule has 0 saturated carbocycles. The Hall–Kier alpha value is -4.67. The number of aromatic nitrogens is 2. The fraction of sp³-hybridized carbons (Fsp3) is 0. The van der Waals surface area contributed by atoms with E-state index in [4.69, 9.17) is 9.15 Å². The highest BCUT2D eigenvalue weighted by Gasteiger charge is 2.13. The molecule has 0 aliphatic carbocycles. The Labute approximate surface area is 166 Å². The Morgan fingerprint density at radius 3 is 2.17 bits per heavy atom. The minimum absolute atomic E-state index is 0.0650. The summed E-state index contributed by atoms with van der Waals surface area (Å²) in [5.74, 6) is 0.250. The minimum atomic E-state index is -0.631. The van der Waals surface area contributed by atoms with Crippen LogP contribution in [-0.4, -0.2) is 19.8 Å². The number of nitro groups is 2. The molecule has 2 aromatic carbocycles. The number of benzene rings is 2. The zero-order valence-electron chi connectivity index (χ0n) is 14.9. The van der Waals surface area contributed by atoms with Crippen LogP contribution in [0.15, 0.2) is 70.1 Å². The molecule has 0 atom stereocenters. The molecule has 0 aliphatic heterocycles. The summed E-state index contributed by atoms with van der Waals surface area (Å²) in [5.41, 5.74) is 0.402. The summed E-state index contributed by atoms with van der Waals surface area (Å²) in [7, 11) is 0. The van der Waals surface area contributed by atoms with Gasteiger partial charge in [0.2, 0.25) is 0 Å². The van der Waals surface area contributed by atoms with Crippen molar-refractivity contribution < 1.29 is 19.0 Å². The van der Waals surface area contributed by atoms with Crippen LogP contribution in [0.4, 0.5) is 11.4 Å². The van der Waals surface area contributed by atoms with Crippen LogP contribution in [0.5, 0.6) is 11.8 Å². The maximum atomic E-state index is 12.0. The first kappa shape index (κ1) is 18.7. The monoisotopic (exact) mass is 406 g/mol. The van der Waals surface area contributed by atoms with Gasteiger partial charge in [-0.2, -0.15) is 9.97 Å². The molecular weight excluding hydrogens is 396 g/mol. The van der Waals surface area contributed by atoms with Gasteiger partial charge in [-0.15, -0.1) is 0 Å². The molecule has 0 fully saturated rings. The van der Waals surface area contributed by atoms with Crippen LogP contribution in [-0.2, 0) is 0 Å². The SMILES string of the molecule is O=c1cc(-c2ccc([N+](=O)[O-])cc2)c2ccc(Oc3ncc([N+](=O)[O-])cn3)cc2o1. The van der Waals surface area contributed by atoms with Gasteiger partial charge in [-0.1, -0.05) is 0 Å².